The van der Waals surface area contributed by atoms with Crippen molar-refractivity contribution >= 4 is 29.0 Å². The van der Waals surface area contributed by atoms with Crippen LogP contribution < -0.4 is 5.73 Å². The number of hydrogen-bond acceptors (Lipinski definition) is 4. The minimum Gasteiger partial charge on any atom is -0.380 e. The van der Waals surface area contributed by atoms with Crippen molar-refractivity contribution in [1.82, 2.24) is 10.1 Å². The van der Waals surface area contributed by atoms with Crippen LogP contribution in [0.3, 0.4) is 0 Å². The van der Waals surface area contributed by atoms with E-state index in [2.05, 4.69) is 10.1 Å². The molecule has 0 aliphatic rings. The summed E-state index contributed by atoms with van der Waals surface area (Å²) in [5.74, 6) is 0.874. The normalized spacial score (nSPS) is 10.7. The molecule has 3 rings (SSSR count). The molecule has 6 heteroatoms. The molecular weight excluding hydrogens is 297 g/mol. The Bertz CT molecular complexity index is 756. The van der Waals surface area contributed by atoms with Gasteiger partial charge in [0.15, 0.2) is 11.6 Å². The molecule has 0 fully saturated rings. The highest BCUT2D eigenvalue weighted by molar-refractivity contribution is 6.42. The number of anilines is 1. The Morgan fingerprint density at radius 3 is 2.40 bits per heavy atom. The monoisotopic (exact) mass is 305 g/mol. The van der Waals surface area contributed by atoms with E-state index in [-0.39, 0.29) is 0 Å². The van der Waals surface area contributed by atoms with Crippen molar-refractivity contribution in [2.45, 2.75) is 0 Å². The highest BCUT2D eigenvalue weighted by Crippen LogP contribution is 2.38. The van der Waals surface area contributed by atoms with Crippen LogP contribution in [0.1, 0.15) is 0 Å². The van der Waals surface area contributed by atoms with Crippen molar-refractivity contribution in [3.05, 3.63) is 52.8 Å². The van der Waals surface area contributed by atoms with Gasteiger partial charge in [-0.25, -0.2) is 0 Å². The van der Waals surface area contributed by atoms with E-state index in [1.165, 1.54) is 0 Å². The molecule has 0 radical (unpaired) electrons. The van der Waals surface area contributed by atoms with Crippen LogP contribution in [0, 0.1) is 0 Å². The number of nitrogens with zero attached hydrogens (tertiary/aromatic N) is 2. The molecule has 1 aromatic carbocycles. The summed E-state index contributed by atoms with van der Waals surface area (Å²) < 4.78 is 5.33. The lowest BCUT2D eigenvalue weighted by atomic mass is 10.0. The van der Waals surface area contributed by atoms with E-state index in [1.54, 1.807) is 24.5 Å². The summed E-state index contributed by atoms with van der Waals surface area (Å²) in [5.41, 5.74) is 8.23. The first-order valence-corrected chi connectivity index (χ1v) is 6.53. The molecule has 0 saturated heterocycles. The van der Waals surface area contributed by atoms with E-state index < -0.39 is 0 Å². The zero-order chi connectivity index (χ0) is 14.1. The van der Waals surface area contributed by atoms with Gasteiger partial charge in [-0.3, -0.25) is 4.98 Å². The Kier molecular flexibility index (Phi) is 3.34. The predicted octanol–water partition coefficient (Wildman–Crippen LogP) is 4.29. The lowest BCUT2D eigenvalue weighted by Crippen LogP contribution is -1.89. The number of aromatic nitrogens is 2. The molecule has 4 nitrogen and oxygen atoms in total. The summed E-state index contributed by atoms with van der Waals surface area (Å²) in [6.45, 7) is 0. The first kappa shape index (κ1) is 13.0. The van der Waals surface area contributed by atoms with Gasteiger partial charge in [0.05, 0.1) is 15.6 Å². The minimum absolute atomic E-state index is 0.301. The summed E-state index contributed by atoms with van der Waals surface area (Å²) >= 11 is 12.0. The highest BCUT2D eigenvalue weighted by Gasteiger charge is 2.18. The second-order valence-electron chi connectivity index (χ2n) is 4.14. The molecule has 100 valence electrons. The van der Waals surface area contributed by atoms with Crippen LogP contribution in [-0.2, 0) is 0 Å². The smallest absolute Gasteiger partial charge is 0.177 e. The zero-order valence-corrected chi connectivity index (χ0v) is 11.7. The summed E-state index contributed by atoms with van der Waals surface area (Å²) in [7, 11) is 0. The Labute approximate surface area is 125 Å². The van der Waals surface area contributed by atoms with Crippen molar-refractivity contribution in [2.75, 3.05) is 5.73 Å². The van der Waals surface area contributed by atoms with Crippen molar-refractivity contribution in [3.8, 4) is 22.5 Å². The SMILES string of the molecule is Nc1noc(-c2ccncc2)c1-c1ccc(Cl)c(Cl)c1. The predicted molar refractivity (Wildman–Crippen MR) is 79.6 cm³/mol. The van der Waals surface area contributed by atoms with Crippen molar-refractivity contribution in [2.24, 2.45) is 0 Å². The van der Waals surface area contributed by atoms with E-state index >= 15 is 0 Å². The average Bonchev–Trinajstić information content (AvgIpc) is 2.85. The molecule has 0 unspecified atom stereocenters. The Morgan fingerprint density at radius 1 is 0.950 bits per heavy atom. The second kappa shape index (κ2) is 5.15. The van der Waals surface area contributed by atoms with Gasteiger partial charge in [0, 0.05) is 18.0 Å². The second-order valence-corrected chi connectivity index (χ2v) is 4.95. The van der Waals surface area contributed by atoms with Crippen LogP contribution in [0.15, 0.2) is 47.2 Å². The van der Waals surface area contributed by atoms with Gasteiger partial charge in [-0.05, 0) is 29.8 Å². The number of nitrogens with two attached hydrogens (primary N) is 1. The summed E-state index contributed by atoms with van der Waals surface area (Å²) in [6, 6.07) is 8.91. The molecule has 0 aliphatic heterocycles. The van der Waals surface area contributed by atoms with Crippen LogP contribution in [0.4, 0.5) is 5.82 Å². The maximum atomic E-state index is 6.05. The molecule has 0 atom stereocenters. The molecule has 0 bridgehead atoms. The molecule has 2 heterocycles. The molecule has 0 spiro atoms. The Morgan fingerprint density at radius 2 is 1.70 bits per heavy atom. The quantitative estimate of drug-likeness (QED) is 0.767. The molecule has 3 aromatic rings. The van der Waals surface area contributed by atoms with Gasteiger partial charge in [0.1, 0.15) is 0 Å². The largest absolute Gasteiger partial charge is 0.380 e. The Hall–Kier alpha value is -2.04. The van der Waals surface area contributed by atoms with E-state index in [1.807, 2.05) is 18.2 Å². The van der Waals surface area contributed by atoms with Gasteiger partial charge in [-0.2, -0.15) is 0 Å². The van der Waals surface area contributed by atoms with Crippen molar-refractivity contribution in [1.29, 1.82) is 0 Å². The standard InChI is InChI=1S/C14H9Cl2N3O/c15-10-2-1-9(7-11(10)16)12-13(20-19-14(12)17)8-3-5-18-6-4-8/h1-7H,(H2,17,19). The van der Waals surface area contributed by atoms with Gasteiger partial charge in [0.2, 0.25) is 0 Å². The topological polar surface area (TPSA) is 64.9 Å². The lowest BCUT2D eigenvalue weighted by Gasteiger charge is -2.04. The van der Waals surface area contributed by atoms with Gasteiger partial charge < -0.3 is 10.3 Å². The maximum Gasteiger partial charge on any atom is 0.177 e. The molecule has 20 heavy (non-hydrogen) atoms. The fraction of sp³-hybridized carbons (Fsp3) is 0. The van der Waals surface area contributed by atoms with Crippen molar-refractivity contribution in [3.63, 3.8) is 0 Å². The number of pyridine rings is 1. The zero-order valence-electron chi connectivity index (χ0n) is 10.2. The van der Waals surface area contributed by atoms with E-state index in [0.717, 1.165) is 11.1 Å². The van der Waals surface area contributed by atoms with Crippen LogP contribution in [0.5, 0.6) is 0 Å². The lowest BCUT2D eigenvalue weighted by molar-refractivity contribution is 0.436. The third-order valence-corrected chi connectivity index (χ3v) is 3.61. The minimum atomic E-state index is 0.301. The molecular formula is C14H9Cl2N3O. The average molecular weight is 306 g/mol. The molecule has 0 aliphatic carbocycles. The van der Waals surface area contributed by atoms with E-state index in [9.17, 15) is 0 Å². The van der Waals surface area contributed by atoms with Crippen molar-refractivity contribution < 1.29 is 4.52 Å². The van der Waals surface area contributed by atoms with Crippen LogP contribution in [0.25, 0.3) is 22.5 Å². The highest BCUT2D eigenvalue weighted by atomic mass is 35.5. The summed E-state index contributed by atoms with van der Waals surface area (Å²) in [6.07, 6.45) is 3.35. The molecule has 0 saturated carbocycles. The number of halogens is 2. The first-order chi connectivity index (χ1) is 9.66. The maximum absolute atomic E-state index is 6.05. The van der Waals surface area contributed by atoms with Gasteiger partial charge in [-0.1, -0.05) is 34.4 Å². The summed E-state index contributed by atoms with van der Waals surface area (Å²) in [5, 5.41) is 4.76. The molecule has 2 aromatic heterocycles. The van der Waals surface area contributed by atoms with E-state index in [4.69, 9.17) is 33.5 Å². The first-order valence-electron chi connectivity index (χ1n) is 5.78. The molecule has 0 amide bonds. The van der Waals surface area contributed by atoms with Crippen LogP contribution >= 0.6 is 23.2 Å². The third-order valence-electron chi connectivity index (χ3n) is 2.87. The fourth-order valence-corrected chi connectivity index (χ4v) is 2.23. The van der Waals surface area contributed by atoms with Gasteiger partial charge in [-0.15, -0.1) is 0 Å². The Balaban J connectivity index is 2.19. The number of nitrogen functional groups attached to an aromatic ring is 1. The third kappa shape index (κ3) is 2.24. The van der Waals surface area contributed by atoms with Crippen LogP contribution in [-0.4, -0.2) is 10.1 Å². The fourth-order valence-electron chi connectivity index (χ4n) is 1.93. The number of hydrogen-bond donors (Lipinski definition) is 1. The summed E-state index contributed by atoms with van der Waals surface area (Å²) in [4.78, 5) is 3.97. The van der Waals surface area contributed by atoms with Gasteiger partial charge >= 0.3 is 0 Å². The number of rotatable bonds is 2. The van der Waals surface area contributed by atoms with Gasteiger partial charge in [0.25, 0.3) is 0 Å². The molecule has 2 N–H and O–H groups in total. The van der Waals surface area contributed by atoms with Crippen LogP contribution in [0.2, 0.25) is 10.0 Å². The number of benzene rings is 1. The van der Waals surface area contributed by atoms with E-state index in [0.29, 0.717) is 27.2 Å².